The largest absolute Gasteiger partial charge is 0.444 e. The molecule has 1 amide bonds. The number of halogens is 2. The highest BCUT2D eigenvalue weighted by Crippen LogP contribution is 2.30. The van der Waals surface area contributed by atoms with Gasteiger partial charge in [0.25, 0.3) is 0 Å². The van der Waals surface area contributed by atoms with E-state index >= 15 is 0 Å². The molecule has 3 rings (SSSR count). The fourth-order valence-corrected chi connectivity index (χ4v) is 3.61. The van der Waals surface area contributed by atoms with Crippen molar-refractivity contribution < 1.29 is 13.9 Å². The zero-order valence-electron chi connectivity index (χ0n) is 15.3. The molecule has 2 aromatic rings. The predicted octanol–water partition coefficient (Wildman–Crippen LogP) is 3.98. The molecule has 1 aromatic carbocycles. The predicted molar refractivity (Wildman–Crippen MR) is 102 cm³/mol. The second-order valence-corrected chi connectivity index (χ2v) is 8.30. The number of ether oxygens (including phenoxy) is 1. The summed E-state index contributed by atoms with van der Waals surface area (Å²) in [6.45, 7) is 9.21. The maximum atomic E-state index is 13.9. The van der Waals surface area contributed by atoms with Crippen LogP contribution in [-0.2, 0) is 4.74 Å². The van der Waals surface area contributed by atoms with Crippen molar-refractivity contribution in [3.05, 3.63) is 28.7 Å². The maximum absolute atomic E-state index is 13.9. The average molecular weight is 425 g/mol. The van der Waals surface area contributed by atoms with Crippen molar-refractivity contribution in [2.75, 3.05) is 24.5 Å². The SMILES string of the molecule is C[C@H]1CN(c2ncnc3c(Br)cc(F)cc23)CCN1C(=O)OC(C)(C)C. The van der Waals surface area contributed by atoms with Crippen LogP contribution in [0.4, 0.5) is 15.0 Å². The van der Waals surface area contributed by atoms with Gasteiger partial charge in [0.05, 0.1) is 5.52 Å². The molecule has 6 nitrogen and oxygen atoms in total. The number of amides is 1. The third-order valence-corrected chi connectivity index (χ3v) is 4.80. The van der Waals surface area contributed by atoms with Gasteiger partial charge >= 0.3 is 6.09 Å². The molecule has 1 aromatic heterocycles. The summed E-state index contributed by atoms with van der Waals surface area (Å²) in [4.78, 5) is 24.8. The molecule has 0 spiro atoms. The van der Waals surface area contributed by atoms with Gasteiger partial charge in [-0.25, -0.2) is 19.2 Å². The highest BCUT2D eigenvalue weighted by Gasteiger charge is 2.32. The Morgan fingerprint density at radius 3 is 2.69 bits per heavy atom. The lowest BCUT2D eigenvalue weighted by Gasteiger charge is -2.40. The van der Waals surface area contributed by atoms with Crippen LogP contribution in [0.15, 0.2) is 22.9 Å². The van der Waals surface area contributed by atoms with E-state index < -0.39 is 5.60 Å². The molecule has 0 N–H and O–H groups in total. The molecule has 0 saturated carbocycles. The van der Waals surface area contributed by atoms with Gasteiger partial charge in [0.1, 0.15) is 23.6 Å². The molecular formula is C18H22BrFN4O2. The van der Waals surface area contributed by atoms with Crippen molar-refractivity contribution in [3.8, 4) is 0 Å². The van der Waals surface area contributed by atoms with Gasteiger partial charge in [-0.2, -0.15) is 0 Å². The third kappa shape index (κ3) is 3.90. The Labute approximate surface area is 160 Å². The van der Waals surface area contributed by atoms with E-state index in [1.807, 2.05) is 27.7 Å². The molecule has 2 heterocycles. The van der Waals surface area contributed by atoms with E-state index in [2.05, 4.69) is 30.8 Å². The van der Waals surface area contributed by atoms with E-state index in [0.717, 1.165) is 0 Å². The van der Waals surface area contributed by atoms with Crippen LogP contribution < -0.4 is 4.90 Å². The van der Waals surface area contributed by atoms with Gasteiger partial charge in [-0.3, -0.25) is 0 Å². The Kier molecular flexibility index (Phi) is 5.05. The molecule has 1 atom stereocenters. The summed E-state index contributed by atoms with van der Waals surface area (Å²) in [5.41, 5.74) is 0.138. The molecule has 1 saturated heterocycles. The number of anilines is 1. The van der Waals surface area contributed by atoms with Crippen molar-refractivity contribution >= 4 is 38.7 Å². The Hall–Kier alpha value is -1.96. The monoisotopic (exact) mass is 424 g/mol. The van der Waals surface area contributed by atoms with E-state index in [4.69, 9.17) is 4.74 Å². The normalized spacial score (nSPS) is 18.3. The van der Waals surface area contributed by atoms with Crippen LogP contribution in [0.2, 0.25) is 0 Å². The first kappa shape index (κ1) is 18.8. The van der Waals surface area contributed by atoms with Crippen molar-refractivity contribution in [2.24, 2.45) is 0 Å². The lowest BCUT2D eigenvalue weighted by Crippen LogP contribution is -2.55. The topological polar surface area (TPSA) is 58.6 Å². The molecular weight excluding hydrogens is 403 g/mol. The fourth-order valence-electron chi connectivity index (χ4n) is 3.07. The number of hydrogen-bond donors (Lipinski definition) is 0. The van der Waals surface area contributed by atoms with Gasteiger partial charge in [-0.05, 0) is 55.8 Å². The first-order chi connectivity index (χ1) is 12.2. The van der Waals surface area contributed by atoms with E-state index in [9.17, 15) is 9.18 Å². The minimum absolute atomic E-state index is 0.0550. The molecule has 0 aliphatic carbocycles. The number of aromatic nitrogens is 2. The summed E-state index contributed by atoms with van der Waals surface area (Å²) in [6.07, 6.45) is 1.16. The molecule has 0 unspecified atom stereocenters. The smallest absolute Gasteiger partial charge is 0.410 e. The number of carbonyl (C=O) groups is 1. The van der Waals surface area contributed by atoms with Gasteiger partial charge in [-0.1, -0.05) is 0 Å². The van der Waals surface area contributed by atoms with Crippen LogP contribution in [0.25, 0.3) is 10.9 Å². The number of benzene rings is 1. The lowest BCUT2D eigenvalue weighted by atomic mass is 10.1. The molecule has 26 heavy (non-hydrogen) atoms. The Bertz CT molecular complexity index is 840. The molecule has 0 bridgehead atoms. The standard InChI is InChI=1S/C18H22BrFN4O2/c1-11-9-23(5-6-24(11)17(25)26-18(2,3)4)16-13-7-12(20)8-14(19)15(13)21-10-22-16/h7-8,10-11H,5-6,9H2,1-4H3/t11-/m0/s1. The quantitative estimate of drug-likeness (QED) is 0.692. The second kappa shape index (κ2) is 6.98. The van der Waals surface area contributed by atoms with E-state index in [0.29, 0.717) is 40.8 Å². The molecule has 140 valence electrons. The fraction of sp³-hybridized carbons (Fsp3) is 0.500. The minimum Gasteiger partial charge on any atom is -0.444 e. The zero-order valence-corrected chi connectivity index (χ0v) is 16.9. The van der Waals surface area contributed by atoms with Crippen molar-refractivity contribution in [1.29, 1.82) is 0 Å². The Morgan fingerprint density at radius 2 is 2.04 bits per heavy atom. The minimum atomic E-state index is -0.527. The van der Waals surface area contributed by atoms with Crippen LogP contribution in [-0.4, -0.2) is 52.2 Å². The third-order valence-electron chi connectivity index (χ3n) is 4.19. The Morgan fingerprint density at radius 1 is 1.31 bits per heavy atom. The average Bonchev–Trinajstić information content (AvgIpc) is 2.52. The Balaban J connectivity index is 1.84. The molecule has 1 fully saturated rings. The van der Waals surface area contributed by atoms with Gasteiger partial charge in [-0.15, -0.1) is 0 Å². The molecule has 1 aliphatic heterocycles. The first-order valence-corrected chi connectivity index (χ1v) is 9.29. The highest BCUT2D eigenvalue weighted by atomic mass is 79.9. The van der Waals surface area contributed by atoms with Gasteiger partial charge in [0, 0.05) is 35.5 Å². The van der Waals surface area contributed by atoms with Crippen LogP contribution in [0.3, 0.4) is 0 Å². The number of piperazine rings is 1. The molecule has 0 radical (unpaired) electrons. The van der Waals surface area contributed by atoms with E-state index in [-0.39, 0.29) is 18.0 Å². The van der Waals surface area contributed by atoms with Gasteiger partial charge in [0.15, 0.2) is 0 Å². The number of fused-ring (bicyclic) bond motifs is 1. The zero-order chi connectivity index (χ0) is 19.1. The number of hydrogen-bond acceptors (Lipinski definition) is 5. The number of nitrogens with zero attached hydrogens (tertiary/aromatic N) is 4. The van der Waals surface area contributed by atoms with Crippen LogP contribution in [0.5, 0.6) is 0 Å². The summed E-state index contributed by atoms with van der Waals surface area (Å²) in [7, 11) is 0. The van der Waals surface area contributed by atoms with E-state index in [1.165, 1.54) is 18.5 Å². The van der Waals surface area contributed by atoms with Gasteiger partial charge < -0.3 is 14.5 Å². The number of carbonyl (C=O) groups excluding carboxylic acids is 1. The first-order valence-electron chi connectivity index (χ1n) is 8.50. The van der Waals surface area contributed by atoms with Crippen molar-refractivity contribution in [3.63, 3.8) is 0 Å². The van der Waals surface area contributed by atoms with E-state index in [1.54, 1.807) is 4.90 Å². The van der Waals surface area contributed by atoms with Crippen LogP contribution >= 0.6 is 15.9 Å². The lowest BCUT2D eigenvalue weighted by molar-refractivity contribution is 0.0159. The highest BCUT2D eigenvalue weighted by molar-refractivity contribution is 9.10. The molecule has 1 aliphatic rings. The van der Waals surface area contributed by atoms with Gasteiger partial charge in [0.2, 0.25) is 0 Å². The summed E-state index contributed by atoms with van der Waals surface area (Å²) >= 11 is 3.36. The summed E-state index contributed by atoms with van der Waals surface area (Å²) in [5, 5.41) is 0.650. The van der Waals surface area contributed by atoms with Crippen LogP contribution in [0.1, 0.15) is 27.7 Å². The summed E-state index contributed by atoms with van der Waals surface area (Å²) in [5.74, 6) is 0.326. The maximum Gasteiger partial charge on any atom is 0.410 e. The van der Waals surface area contributed by atoms with Crippen molar-refractivity contribution in [1.82, 2.24) is 14.9 Å². The van der Waals surface area contributed by atoms with Crippen molar-refractivity contribution in [2.45, 2.75) is 39.3 Å². The second-order valence-electron chi connectivity index (χ2n) is 7.45. The van der Waals surface area contributed by atoms with Crippen LogP contribution in [0, 0.1) is 5.82 Å². The number of rotatable bonds is 1. The molecule has 8 heteroatoms. The summed E-state index contributed by atoms with van der Waals surface area (Å²) in [6, 6.07) is 2.78. The summed E-state index contributed by atoms with van der Waals surface area (Å²) < 4.78 is 19.9.